The highest BCUT2D eigenvalue weighted by Crippen LogP contribution is 2.43. The monoisotopic (exact) mass is 635 g/mol. The van der Waals surface area contributed by atoms with E-state index in [-0.39, 0.29) is 10.8 Å². The van der Waals surface area contributed by atoms with E-state index < -0.39 is 16.2 Å². The quantitative estimate of drug-likeness (QED) is 0.166. The third-order valence-electron chi connectivity index (χ3n) is 7.84. The lowest BCUT2D eigenvalue weighted by Gasteiger charge is -2.46. The molecule has 1 amide bonds. The average Bonchev–Trinajstić information content (AvgIpc) is 3.07. The molecule has 1 aliphatic heterocycles. The Hall–Kier alpha value is -4.73. The summed E-state index contributed by atoms with van der Waals surface area (Å²) >= 11 is 1.66. The van der Waals surface area contributed by atoms with Gasteiger partial charge < -0.3 is 9.64 Å². The van der Waals surface area contributed by atoms with Crippen LogP contribution in [-0.2, 0) is 16.6 Å². The molecular weight excluding hydrogens is 603 g/mol. The van der Waals surface area contributed by atoms with Gasteiger partial charge in [0.15, 0.2) is 0 Å². The number of hydrogen-bond acceptors (Lipinski definition) is 6. The van der Waals surface area contributed by atoms with E-state index in [1.807, 2.05) is 55.6 Å². The molecule has 5 aromatic rings. The first kappa shape index (κ1) is 30.3. The third kappa shape index (κ3) is 6.27. The molecule has 0 radical (unpaired) electrons. The highest BCUT2D eigenvalue weighted by Gasteiger charge is 2.40. The molecule has 1 atom stereocenters. The van der Waals surface area contributed by atoms with Crippen molar-refractivity contribution in [2.45, 2.75) is 29.4 Å². The van der Waals surface area contributed by atoms with E-state index in [0.717, 1.165) is 27.3 Å². The van der Waals surface area contributed by atoms with Crippen molar-refractivity contribution in [2.24, 2.45) is 0 Å². The van der Waals surface area contributed by atoms with Crippen LogP contribution in [0.4, 0.5) is 17.1 Å². The molecule has 0 saturated heterocycles. The number of rotatable bonds is 9. The van der Waals surface area contributed by atoms with Gasteiger partial charge in [-0.15, -0.1) is 11.8 Å². The zero-order valence-electron chi connectivity index (χ0n) is 25.2. The lowest BCUT2D eigenvalue weighted by atomic mass is 9.99. The van der Waals surface area contributed by atoms with Crippen molar-refractivity contribution >= 4 is 44.8 Å². The summed E-state index contributed by atoms with van der Waals surface area (Å²) in [7, 11) is -2.46. The number of anilines is 3. The Morgan fingerprint density at radius 2 is 1.53 bits per heavy atom. The molecule has 1 N–H and O–H groups in total. The van der Waals surface area contributed by atoms with Crippen LogP contribution in [0.2, 0.25) is 0 Å². The summed E-state index contributed by atoms with van der Waals surface area (Å²) in [5, 5.41) is 0. The van der Waals surface area contributed by atoms with Gasteiger partial charge in [-0.25, -0.2) is 8.42 Å². The summed E-state index contributed by atoms with van der Waals surface area (Å²) in [4.78, 5) is 19.6. The Labute approximate surface area is 268 Å². The molecule has 0 unspecified atom stereocenters. The second-order valence-electron chi connectivity index (χ2n) is 10.8. The highest BCUT2D eigenvalue weighted by molar-refractivity contribution is 7.98. The van der Waals surface area contributed by atoms with Crippen molar-refractivity contribution in [2.75, 3.05) is 27.9 Å². The number of aryl methyl sites for hydroxylation is 1. The van der Waals surface area contributed by atoms with E-state index in [1.54, 1.807) is 60.2 Å². The number of methoxy groups -OCH3 is 1. The minimum atomic E-state index is -4.01. The van der Waals surface area contributed by atoms with Crippen molar-refractivity contribution in [3.8, 4) is 5.75 Å². The first-order chi connectivity index (χ1) is 21.8. The van der Waals surface area contributed by atoms with Gasteiger partial charge in [-0.3, -0.25) is 14.4 Å². The van der Waals surface area contributed by atoms with Crippen molar-refractivity contribution in [1.82, 2.24) is 0 Å². The first-order valence-corrected chi connectivity index (χ1v) is 17.1. The maximum atomic E-state index is 14.6. The molecule has 0 aromatic heterocycles. The van der Waals surface area contributed by atoms with Crippen LogP contribution in [0.3, 0.4) is 0 Å². The maximum Gasteiger partial charge on any atom is 0.262 e. The number of thioether (sulfide) groups is 1. The number of hydrogen-bond donors (Lipinski definition) is 1. The summed E-state index contributed by atoms with van der Waals surface area (Å²) in [6.07, 6.45) is 1.55. The summed E-state index contributed by atoms with van der Waals surface area (Å²) in [5.41, 5.74) is 5.16. The largest absolute Gasteiger partial charge is 0.497 e. The number of ether oxygens (including phenoxy) is 1. The standard InChI is InChI=1S/C36H33N3O4S2/c1-25-9-15-29(16-10-25)39-35(27-11-19-31(44-3)20-12-27)38(24-26-7-5-4-6-8-26)34-22-21-32(23-33(34)36(39)40)45(41,42)37-28-13-17-30(43-2)18-14-28/h4-23,35,37H,24H2,1-3H3/t35-/m1/s1. The van der Waals surface area contributed by atoms with Crippen LogP contribution < -0.4 is 19.3 Å². The molecule has 1 aliphatic rings. The van der Waals surface area contributed by atoms with Gasteiger partial charge in [0.25, 0.3) is 15.9 Å². The van der Waals surface area contributed by atoms with Crippen LogP contribution in [0.5, 0.6) is 5.75 Å². The van der Waals surface area contributed by atoms with Crippen LogP contribution in [0.25, 0.3) is 0 Å². The molecular formula is C36H33N3O4S2. The first-order valence-electron chi connectivity index (χ1n) is 14.4. The molecule has 6 rings (SSSR count). The fourth-order valence-electron chi connectivity index (χ4n) is 5.51. The van der Waals surface area contributed by atoms with Gasteiger partial charge in [0.05, 0.1) is 23.3 Å². The summed E-state index contributed by atoms with van der Waals surface area (Å²) < 4.78 is 35.0. The van der Waals surface area contributed by atoms with Gasteiger partial charge in [0.2, 0.25) is 0 Å². The lowest BCUT2D eigenvalue weighted by Crippen LogP contribution is -2.49. The maximum absolute atomic E-state index is 14.6. The fraction of sp³-hybridized carbons (Fsp3) is 0.139. The zero-order valence-corrected chi connectivity index (χ0v) is 26.8. The van der Waals surface area contributed by atoms with Crippen LogP contribution in [0.15, 0.2) is 131 Å². The molecule has 0 fully saturated rings. The van der Waals surface area contributed by atoms with Gasteiger partial charge in [-0.2, -0.15) is 0 Å². The van der Waals surface area contributed by atoms with Crippen molar-refractivity contribution in [3.63, 3.8) is 0 Å². The predicted octanol–water partition coefficient (Wildman–Crippen LogP) is 7.89. The topological polar surface area (TPSA) is 78.9 Å². The molecule has 1 heterocycles. The number of nitrogens with one attached hydrogen (secondary N) is 1. The Kier molecular flexibility index (Phi) is 8.56. The van der Waals surface area contributed by atoms with Crippen LogP contribution in [0, 0.1) is 6.92 Å². The number of amides is 1. The Balaban J connectivity index is 1.50. The molecule has 9 heteroatoms. The molecule has 228 valence electrons. The van der Waals surface area contributed by atoms with Gasteiger partial charge in [0, 0.05) is 22.8 Å². The van der Waals surface area contributed by atoms with E-state index >= 15 is 0 Å². The van der Waals surface area contributed by atoms with Gasteiger partial charge in [-0.05, 0) is 91.0 Å². The normalized spacial score (nSPS) is 14.6. The molecule has 45 heavy (non-hydrogen) atoms. The minimum Gasteiger partial charge on any atom is -0.497 e. The van der Waals surface area contributed by atoms with E-state index in [0.29, 0.717) is 29.2 Å². The summed E-state index contributed by atoms with van der Waals surface area (Å²) in [6.45, 7) is 2.50. The molecule has 5 aromatic carbocycles. The van der Waals surface area contributed by atoms with Crippen LogP contribution in [-0.4, -0.2) is 27.7 Å². The number of benzene rings is 5. The van der Waals surface area contributed by atoms with Gasteiger partial charge in [-0.1, -0.05) is 60.2 Å². The van der Waals surface area contributed by atoms with Crippen molar-refractivity contribution in [1.29, 1.82) is 0 Å². The van der Waals surface area contributed by atoms with E-state index in [4.69, 9.17) is 4.74 Å². The number of fused-ring (bicyclic) bond motifs is 1. The molecule has 7 nitrogen and oxygen atoms in total. The Morgan fingerprint density at radius 1 is 0.844 bits per heavy atom. The second kappa shape index (κ2) is 12.7. The molecule has 0 bridgehead atoms. The zero-order chi connectivity index (χ0) is 31.6. The van der Waals surface area contributed by atoms with E-state index in [2.05, 4.69) is 46.0 Å². The molecule has 0 aliphatic carbocycles. The summed E-state index contributed by atoms with van der Waals surface area (Å²) in [5.74, 6) is 0.336. The number of carbonyl (C=O) groups is 1. The number of carbonyl (C=O) groups excluding carboxylic acids is 1. The minimum absolute atomic E-state index is 0.00305. The molecule has 0 spiro atoms. The van der Waals surface area contributed by atoms with Crippen molar-refractivity contribution in [3.05, 3.63) is 144 Å². The van der Waals surface area contributed by atoms with Crippen LogP contribution >= 0.6 is 11.8 Å². The summed E-state index contributed by atoms with van der Waals surface area (Å²) in [6, 6.07) is 37.6. The van der Waals surface area contributed by atoms with Gasteiger partial charge >= 0.3 is 0 Å². The Morgan fingerprint density at radius 3 is 2.18 bits per heavy atom. The SMILES string of the molecule is COc1ccc(NS(=O)(=O)c2ccc3c(c2)C(=O)N(c2ccc(C)cc2)[C@H](c2ccc(SC)cc2)N3Cc2ccccc2)cc1. The Bertz CT molecular complexity index is 1910. The van der Waals surface area contributed by atoms with Gasteiger partial charge in [0.1, 0.15) is 11.9 Å². The second-order valence-corrected chi connectivity index (χ2v) is 13.3. The lowest BCUT2D eigenvalue weighted by molar-refractivity contribution is 0.0968. The fourth-order valence-corrected chi connectivity index (χ4v) is 7.00. The third-order valence-corrected chi connectivity index (χ3v) is 9.96. The number of sulfonamides is 1. The average molecular weight is 636 g/mol. The highest BCUT2D eigenvalue weighted by atomic mass is 32.2. The smallest absolute Gasteiger partial charge is 0.262 e. The van der Waals surface area contributed by atoms with E-state index in [1.165, 1.54) is 6.07 Å². The van der Waals surface area contributed by atoms with E-state index in [9.17, 15) is 13.2 Å². The number of nitrogens with zero attached hydrogens (tertiary/aromatic N) is 2. The van der Waals surface area contributed by atoms with Crippen LogP contribution in [0.1, 0.15) is 33.2 Å². The predicted molar refractivity (Wildman–Crippen MR) is 182 cm³/mol. The van der Waals surface area contributed by atoms with Crippen molar-refractivity contribution < 1.29 is 17.9 Å². The molecule has 0 saturated carbocycles.